The number of carbonyl (C=O) groups is 1. The summed E-state index contributed by atoms with van der Waals surface area (Å²) < 4.78 is 0. The Labute approximate surface area is 141 Å². The predicted molar refractivity (Wildman–Crippen MR) is 92.5 cm³/mol. The fourth-order valence-electron chi connectivity index (χ4n) is 3.54. The van der Waals surface area contributed by atoms with Gasteiger partial charge in [0.25, 0.3) is 11.6 Å². The third-order valence-corrected chi connectivity index (χ3v) is 5.16. The highest BCUT2D eigenvalue weighted by molar-refractivity contribution is 5.96. The monoisotopic (exact) mass is 332 g/mol. The summed E-state index contributed by atoms with van der Waals surface area (Å²) in [5.74, 6) is -0.132. The number of anilines is 1. The fraction of sp³-hybridized carbons (Fsp3) is 0.588. The van der Waals surface area contributed by atoms with Crippen molar-refractivity contribution in [3.8, 4) is 0 Å². The zero-order valence-corrected chi connectivity index (χ0v) is 14.2. The molecule has 0 aromatic heterocycles. The topological polar surface area (TPSA) is 78.7 Å². The van der Waals surface area contributed by atoms with Gasteiger partial charge in [-0.3, -0.25) is 14.9 Å². The molecule has 0 bridgehead atoms. The Balaban J connectivity index is 1.89. The van der Waals surface area contributed by atoms with Crippen LogP contribution >= 0.6 is 0 Å². The van der Waals surface area contributed by atoms with Gasteiger partial charge in [-0.25, -0.2) is 0 Å². The highest BCUT2D eigenvalue weighted by atomic mass is 16.6. The van der Waals surface area contributed by atoms with Crippen LogP contribution in [0.15, 0.2) is 18.2 Å². The van der Waals surface area contributed by atoms with Crippen LogP contribution in [0.1, 0.15) is 37.0 Å². The average molecular weight is 332 g/mol. The largest absolute Gasteiger partial charge is 0.366 e. The minimum atomic E-state index is -0.381. The van der Waals surface area contributed by atoms with Crippen LogP contribution in [0.3, 0.4) is 0 Å². The first-order valence-corrected chi connectivity index (χ1v) is 8.57. The van der Waals surface area contributed by atoms with Gasteiger partial charge in [-0.1, -0.05) is 0 Å². The molecule has 0 saturated carbocycles. The first-order valence-electron chi connectivity index (χ1n) is 8.57. The molecule has 2 aliphatic rings. The van der Waals surface area contributed by atoms with Crippen LogP contribution in [0.25, 0.3) is 0 Å². The Morgan fingerprint density at radius 2 is 1.96 bits per heavy atom. The number of hydrogen-bond acceptors (Lipinski definition) is 5. The van der Waals surface area contributed by atoms with Gasteiger partial charge in [0, 0.05) is 49.9 Å². The van der Waals surface area contributed by atoms with E-state index in [1.165, 1.54) is 6.07 Å². The summed E-state index contributed by atoms with van der Waals surface area (Å²) in [6.45, 7) is 7.07. The van der Waals surface area contributed by atoms with Crippen molar-refractivity contribution < 1.29 is 9.72 Å². The second-order valence-electron chi connectivity index (χ2n) is 6.64. The van der Waals surface area contributed by atoms with E-state index in [-0.39, 0.29) is 28.6 Å². The molecule has 0 radical (unpaired) electrons. The molecular weight excluding hydrogens is 308 g/mol. The van der Waals surface area contributed by atoms with Gasteiger partial charge in [0.2, 0.25) is 0 Å². The lowest BCUT2D eigenvalue weighted by Crippen LogP contribution is -2.57. The van der Waals surface area contributed by atoms with Gasteiger partial charge in [0.05, 0.1) is 4.92 Å². The van der Waals surface area contributed by atoms with E-state index in [9.17, 15) is 14.9 Å². The summed E-state index contributed by atoms with van der Waals surface area (Å²) >= 11 is 0. The lowest BCUT2D eigenvalue weighted by Gasteiger charge is -2.38. The second-order valence-corrected chi connectivity index (χ2v) is 6.64. The first-order chi connectivity index (χ1) is 11.5. The quantitative estimate of drug-likeness (QED) is 0.677. The number of rotatable bonds is 3. The van der Waals surface area contributed by atoms with Crippen molar-refractivity contribution in [2.75, 3.05) is 31.1 Å². The molecule has 1 N–H and O–H groups in total. The maximum atomic E-state index is 12.8. The molecule has 2 atom stereocenters. The van der Waals surface area contributed by atoms with Crippen LogP contribution in [0.2, 0.25) is 0 Å². The van der Waals surface area contributed by atoms with Gasteiger partial charge in [-0.15, -0.1) is 0 Å². The van der Waals surface area contributed by atoms with Crippen molar-refractivity contribution in [2.45, 2.75) is 38.8 Å². The number of hydrogen-bond donors (Lipinski definition) is 1. The highest BCUT2D eigenvalue weighted by Gasteiger charge is 2.30. The number of nitro benzene ring substituents is 1. The zero-order chi connectivity index (χ0) is 17.3. The third kappa shape index (κ3) is 3.08. The van der Waals surface area contributed by atoms with E-state index in [4.69, 9.17) is 0 Å². The Morgan fingerprint density at radius 3 is 2.62 bits per heavy atom. The average Bonchev–Trinajstić information content (AvgIpc) is 3.10. The number of piperazine rings is 1. The van der Waals surface area contributed by atoms with E-state index in [0.29, 0.717) is 17.8 Å². The smallest absolute Gasteiger partial charge is 0.293 e. The van der Waals surface area contributed by atoms with Crippen LogP contribution in [0, 0.1) is 10.1 Å². The molecule has 1 aromatic rings. The molecule has 1 aromatic carbocycles. The van der Waals surface area contributed by atoms with E-state index < -0.39 is 0 Å². The molecule has 2 fully saturated rings. The van der Waals surface area contributed by atoms with Gasteiger partial charge in [-0.05, 0) is 38.8 Å². The maximum Gasteiger partial charge on any atom is 0.293 e. The van der Waals surface area contributed by atoms with Crippen LogP contribution in [-0.2, 0) is 0 Å². The normalized spacial score (nSPS) is 24.2. The number of carbonyl (C=O) groups excluding carboxylic acids is 1. The molecule has 130 valence electrons. The molecule has 2 aliphatic heterocycles. The molecule has 7 heteroatoms. The summed E-state index contributed by atoms with van der Waals surface area (Å²) in [6, 6.07) is 5.16. The van der Waals surface area contributed by atoms with Crippen LogP contribution < -0.4 is 10.2 Å². The van der Waals surface area contributed by atoms with Gasteiger partial charge < -0.3 is 15.1 Å². The van der Waals surface area contributed by atoms with Crippen LogP contribution in [-0.4, -0.2) is 54.0 Å². The van der Waals surface area contributed by atoms with Gasteiger partial charge in [0.15, 0.2) is 0 Å². The number of nitro groups is 1. The number of amides is 1. The third-order valence-electron chi connectivity index (χ3n) is 5.16. The second kappa shape index (κ2) is 6.76. The molecule has 0 aliphatic carbocycles. The molecular formula is C17H24N4O3. The van der Waals surface area contributed by atoms with E-state index in [0.717, 1.165) is 32.5 Å². The van der Waals surface area contributed by atoms with E-state index in [2.05, 4.69) is 5.32 Å². The molecule has 2 unspecified atom stereocenters. The minimum absolute atomic E-state index is 0.0265. The Hall–Kier alpha value is -2.15. The lowest BCUT2D eigenvalue weighted by atomic mass is 10.0. The Bertz CT molecular complexity index is 643. The minimum Gasteiger partial charge on any atom is -0.366 e. The molecule has 3 rings (SSSR count). The number of nitrogens with zero attached hydrogens (tertiary/aromatic N) is 3. The van der Waals surface area contributed by atoms with Gasteiger partial charge in [-0.2, -0.15) is 0 Å². The van der Waals surface area contributed by atoms with Gasteiger partial charge in [0.1, 0.15) is 5.69 Å². The first kappa shape index (κ1) is 16.7. The molecule has 1 amide bonds. The molecule has 0 spiro atoms. The standard InChI is InChI=1S/C17H24N4O3/c1-12-13(2)20(10-7-18-12)17(22)14-5-6-15(16(11-14)21(23)24)19-8-3-4-9-19/h5-6,11-13,18H,3-4,7-10H2,1-2H3. The molecule has 24 heavy (non-hydrogen) atoms. The van der Waals surface area contributed by atoms with Crippen molar-refractivity contribution in [3.05, 3.63) is 33.9 Å². The Kier molecular flexibility index (Phi) is 4.71. The summed E-state index contributed by atoms with van der Waals surface area (Å²) in [6.07, 6.45) is 2.10. The van der Waals surface area contributed by atoms with Crippen LogP contribution in [0.4, 0.5) is 11.4 Å². The van der Waals surface area contributed by atoms with Crippen molar-refractivity contribution >= 4 is 17.3 Å². The summed E-state index contributed by atoms with van der Waals surface area (Å²) in [4.78, 5) is 27.8. The summed E-state index contributed by atoms with van der Waals surface area (Å²) in [5, 5.41) is 14.8. The van der Waals surface area contributed by atoms with E-state index >= 15 is 0 Å². The number of nitrogens with one attached hydrogen (secondary N) is 1. The summed E-state index contributed by atoms with van der Waals surface area (Å²) in [5.41, 5.74) is 1.04. The Morgan fingerprint density at radius 1 is 1.25 bits per heavy atom. The van der Waals surface area contributed by atoms with Crippen molar-refractivity contribution in [3.63, 3.8) is 0 Å². The van der Waals surface area contributed by atoms with Crippen molar-refractivity contribution in [2.24, 2.45) is 0 Å². The van der Waals surface area contributed by atoms with E-state index in [1.807, 2.05) is 18.7 Å². The van der Waals surface area contributed by atoms with Crippen molar-refractivity contribution in [1.29, 1.82) is 0 Å². The van der Waals surface area contributed by atoms with Crippen LogP contribution in [0.5, 0.6) is 0 Å². The fourth-order valence-corrected chi connectivity index (χ4v) is 3.54. The predicted octanol–water partition coefficient (Wildman–Crippen LogP) is 2.02. The zero-order valence-electron chi connectivity index (χ0n) is 14.2. The highest BCUT2D eigenvalue weighted by Crippen LogP contribution is 2.32. The van der Waals surface area contributed by atoms with Gasteiger partial charge >= 0.3 is 0 Å². The number of benzene rings is 1. The molecule has 2 heterocycles. The molecule has 7 nitrogen and oxygen atoms in total. The lowest BCUT2D eigenvalue weighted by molar-refractivity contribution is -0.384. The molecule has 2 saturated heterocycles. The van der Waals surface area contributed by atoms with Crippen molar-refractivity contribution in [1.82, 2.24) is 10.2 Å². The summed E-state index contributed by atoms with van der Waals surface area (Å²) in [7, 11) is 0. The van der Waals surface area contributed by atoms with E-state index in [1.54, 1.807) is 17.0 Å². The maximum absolute atomic E-state index is 12.8. The SMILES string of the molecule is CC1NCCN(C(=O)c2ccc(N3CCCC3)c([N+](=O)[O-])c2)C1C.